The van der Waals surface area contributed by atoms with E-state index in [2.05, 4.69) is 62.7 Å². The highest BCUT2D eigenvalue weighted by Gasteiger charge is 2.43. The molecule has 0 spiro atoms. The van der Waals surface area contributed by atoms with E-state index >= 15 is 0 Å². The van der Waals surface area contributed by atoms with Crippen LogP contribution in [0, 0.1) is 0 Å². The van der Waals surface area contributed by atoms with Gasteiger partial charge >= 0.3 is 0 Å². The van der Waals surface area contributed by atoms with Gasteiger partial charge in [-0.2, -0.15) is 0 Å². The zero-order chi connectivity index (χ0) is 17.1. The van der Waals surface area contributed by atoms with Crippen molar-refractivity contribution in [3.63, 3.8) is 0 Å². The lowest BCUT2D eigenvalue weighted by atomic mass is 9.79. The van der Waals surface area contributed by atoms with Crippen LogP contribution in [-0.2, 0) is 10.8 Å². The molecule has 3 aromatic heterocycles. The van der Waals surface area contributed by atoms with E-state index < -0.39 is 0 Å². The molecule has 6 rings (SSSR count). The highest BCUT2D eigenvalue weighted by Crippen LogP contribution is 2.61. The maximum atomic E-state index is 2.40. The molecule has 0 aliphatic heterocycles. The highest BCUT2D eigenvalue weighted by molar-refractivity contribution is 7.26. The van der Waals surface area contributed by atoms with Crippen LogP contribution in [0.2, 0.25) is 0 Å². The fraction of sp³-hybridized carbons (Fsp3) is 0.273. The normalized spacial score (nSPS) is 18.2. The van der Waals surface area contributed by atoms with Gasteiger partial charge in [0.05, 0.1) is 0 Å². The Morgan fingerprint density at radius 2 is 1.32 bits per heavy atom. The second-order valence-electron chi connectivity index (χ2n) is 8.25. The Morgan fingerprint density at radius 3 is 2.08 bits per heavy atom. The Balaban J connectivity index is 1.77. The fourth-order valence-electron chi connectivity index (χ4n) is 5.01. The minimum atomic E-state index is 0.102. The van der Waals surface area contributed by atoms with Crippen LogP contribution in [-0.4, -0.2) is 0 Å². The third kappa shape index (κ3) is 1.51. The molecule has 0 amide bonds. The zero-order valence-electron chi connectivity index (χ0n) is 14.7. The van der Waals surface area contributed by atoms with Crippen LogP contribution in [0.15, 0.2) is 35.0 Å². The molecule has 0 nitrogen and oxygen atoms in total. The molecule has 0 N–H and O–H groups in total. The van der Waals surface area contributed by atoms with E-state index in [0.29, 0.717) is 0 Å². The standard InChI is InChI=1S/C22H18S3/c1-21(2)13-7-9-23-17(13)11-5-6-12-16-20(25-18(12)15(11)21)19-14(8-10-24-19)22(16,3)4/h5-10H,1-4H3. The van der Waals surface area contributed by atoms with E-state index in [9.17, 15) is 0 Å². The average molecular weight is 379 g/mol. The number of fused-ring (bicyclic) bond motifs is 9. The molecule has 0 fully saturated rings. The van der Waals surface area contributed by atoms with Crippen molar-refractivity contribution in [3.8, 4) is 20.2 Å². The van der Waals surface area contributed by atoms with E-state index in [-0.39, 0.29) is 10.8 Å². The van der Waals surface area contributed by atoms with Gasteiger partial charge in [0.25, 0.3) is 0 Å². The van der Waals surface area contributed by atoms with Crippen LogP contribution in [0.4, 0.5) is 0 Å². The summed E-state index contributed by atoms with van der Waals surface area (Å²) in [6.07, 6.45) is 0. The van der Waals surface area contributed by atoms with Crippen LogP contribution < -0.4 is 0 Å². The lowest BCUT2D eigenvalue weighted by Crippen LogP contribution is -2.16. The van der Waals surface area contributed by atoms with Gasteiger partial charge in [0.1, 0.15) is 0 Å². The molecule has 0 atom stereocenters. The third-order valence-electron chi connectivity index (χ3n) is 6.24. The minimum absolute atomic E-state index is 0.102. The van der Waals surface area contributed by atoms with Crippen LogP contribution in [0.25, 0.3) is 30.3 Å². The van der Waals surface area contributed by atoms with Crippen LogP contribution in [0.3, 0.4) is 0 Å². The van der Waals surface area contributed by atoms with Crippen molar-refractivity contribution in [3.05, 3.63) is 57.3 Å². The molecule has 3 heterocycles. The molecule has 2 aliphatic carbocycles. The Bertz CT molecular complexity index is 1190. The Morgan fingerprint density at radius 1 is 0.680 bits per heavy atom. The van der Waals surface area contributed by atoms with Gasteiger partial charge in [0.2, 0.25) is 0 Å². The first-order chi connectivity index (χ1) is 11.9. The summed E-state index contributed by atoms with van der Waals surface area (Å²) in [6.45, 7) is 9.59. The molecule has 0 bridgehead atoms. The second kappa shape index (κ2) is 4.28. The summed E-state index contributed by atoms with van der Waals surface area (Å²) in [5, 5.41) is 5.98. The Labute approximate surface area is 159 Å². The molecular weight excluding hydrogens is 360 g/mol. The lowest BCUT2D eigenvalue weighted by Gasteiger charge is -2.23. The molecule has 0 saturated heterocycles. The molecule has 0 unspecified atom stereocenters. The predicted octanol–water partition coefficient (Wildman–Crippen LogP) is 7.64. The molecule has 25 heavy (non-hydrogen) atoms. The van der Waals surface area contributed by atoms with Gasteiger partial charge in [0.15, 0.2) is 0 Å². The fourth-order valence-corrected chi connectivity index (χ4v) is 8.99. The monoisotopic (exact) mass is 378 g/mol. The quantitative estimate of drug-likeness (QED) is 0.295. The zero-order valence-corrected chi connectivity index (χ0v) is 17.1. The highest BCUT2D eigenvalue weighted by atomic mass is 32.1. The van der Waals surface area contributed by atoms with Gasteiger partial charge in [0, 0.05) is 30.2 Å². The number of thiophene rings is 3. The maximum Gasteiger partial charge on any atom is 0.0499 e. The van der Waals surface area contributed by atoms with Gasteiger partial charge in [-0.3, -0.25) is 0 Å². The summed E-state index contributed by atoms with van der Waals surface area (Å²) in [5.41, 5.74) is 7.81. The largest absolute Gasteiger partial charge is 0.143 e. The Kier molecular flexibility index (Phi) is 2.52. The molecule has 4 aromatic rings. The van der Waals surface area contributed by atoms with E-state index in [0.717, 1.165) is 0 Å². The third-order valence-corrected chi connectivity index (χ3v) is 9.49. The van der Waals surface area contributed by atoms with Crippen LogP contribution >= 0.6 is 34.0 Å². The van der Waals surface area contributed by atoms with Gasteiger partial charge in [-0.05, 0) is 56.1 Å². The van der Waals surface area contributed by atoms with Crippen molar-refractivity contribution in [1.82, 2.24) is 0 Å². The summed E-state index contributed by atoms with van der Waals surface area (Å²) in [5.74, 6) is 0. The number of hydrogen-bond acceptors (Lipinski definition) is 3. The summed E-state index contributed by atoms with van der Waals surface area (Å²) in [4.78, 5) is 4.50. The van der Waals surface area contributed by atoms with Crippen molar-refractivity contribution in [1.29, 1.82) is 0 Å². The minimum Gasteiger partial charge on any atom is -0.143 e. The van der Waals surface area contributed by atoms with Crippen LogP contribution in [0.5, 0.6) is 0 Å². The van der Waals surface area contributed by atoms with E-state index in [1.54, 1.807) is 11.1 Å². The average Bonchev–Trinajstić information content (AvgIpc) is 3.31. The second-order valence-corrected chi connectivity index (χ2v) is 11.1. The lowest BCUT2D eigenvalue weighted by molar-refractivity contribution is 0.665. The number of rotatable bonds is 0. The molecule has 124 valence electrons. The topological polar surface area (TPSA) is 0 Å². The van der Waals surface area contributed by atoms with Crippen molar-refractivity contribution in [2.45, 2.75) is 38.5 Å². The van der Waals surface area contributed by atoms with Crippen molar-refractivity contribution < 1.29 is 0 Å². The number of benzene rings is 1. The first-order valence-corrected chi connectivity index (χ1v) is 11.3. The van der Waals surface area contributed by atoms with E-state index in [4.69, 9.17) is 0 Å². The number of hydrogen-bond donors (Lipinski definition) is 0. The molecule has 0 radical (unpaired) electrons. The molecule has 2 aliphatic rings. The van der Waals surface area contributed by atoms with Crippen LogP contribution in [0.1, 0.15) is 49.9 Å². The molecule has 1 aromatic carbocycles. The summed E-state index contributed by atoms with van der Waals surface area (Å²) in [6, 6.07) is 9.44. The van der Waals surface area contributed by atoms with Gasteiger partial charge in [-0.1, -0.05) is 39.8 Å². The summed E-state index contributed by atoms with van der Waals surface area (Å²) < 4.78 is 1.52. The molecule has 0 saturated carbocycles. The SMILES string of the molecule is CC1(C)c2ccsc2-c2sc3c4c(ccc3c21)-c1sccc1C4(C)C. The van der Waals surface area contributed by atoms with Crippen molar-refractivity contribution in [2.24, 2.45) is 0 Å². The van der Waals surface area contributed by atoms with Crippen molar-refractivity contribution >= 4 is 44.1 Å². The van der Waals surface area contributed by atoms with E-state index in [1.165, 1.54) is 41.4 Å². The maximum absolute atomic E-state index is 2.40. The van der Waals surface area contributed by atoms with Gasteiger partial charge in [-0.25, -0.2) is 0 Å². The molecule has 3 heteroatoms. The smallest absolute Gasteiger partial charge is 0.0499 e. The van der Waals surface area contributed by atoms with E-state index in [1.807, 2.05) is 34.0 Å². The summed E-state index contributed by atoms with van der Waals surface area (Å²) >= 11 is 5.83. The van der Waals surface area contributed by atoms with Gasteiger partial charge in [-0.15, -0.1) is 34.0 Å². The first kappa shape index (κ1) is 14.7. The molecular formula is C22H18S3. The predicted molar refractivity (Wildman–Crippen MR) is 113 cm³/mol. The Hall–Kier alpha value is -1.42. The van der Waals surface area contributed by atoms with Gasteiger partial charge < -0.3 is 0 Å². The van der Waals surface area contributed by atoms with Crippen molar-refractivity contribution in [2.75, 3.05) is 0 Å². The summed E-state index contributed by atoms with van der Waals surface area (Å²) in [7, 11) is 0. The first-order valence-electron chi connectivity index (χ1n) is 8.69.